The Balaban J connectivity index is 1.44. The lowest BCUT2D eigenvalue weighted by molar-refractivity contribution is -1.02. The third kappa shape index (κ3) is 5.27. The van der Waals surface area contributed by atoms with Crippen LogP contribution in [0.1, 0.15) is 11.1 Å². The van der Waals surface area contributed by atoms with Crippen molar-refractivity contribution in [2.75, 3.05) is 38.0 Å². The summed E-state index contributed by atoms with van der Waals surface area (Å²) in [5.41, 5.74) is 2.37. The highest BCUT2D eigenvalue weighted by Crippen LogP contribution is 2.14. The van der Waals surface area contributed by atoms with Crippen molar-refractivity contribution >= 4 is 23.2 Å². The van der Waals surface area contributed by atoms with Gasteiger partial charge in [0, 0.05) is 10.6 Å². The second kappa shape index (κ2) is 8.62. The van der Waals surface area contributed by atoms with Crippen molar-refractivity contribution in [2.24, 2.45) is 0 Å². The molecule has 0 bridgehead atoms. The summed E-state index contributed by atoms with van der Waals surface area (Å²) in [5, 5.41) is 3.45. The summed E-state index contributed by atoms with van der Waals surface area (Å²) >= 11 is 5.93. The number of aryl methyl sites for hydroxylation is 1. The minimum Gasteiger partial charge on any atom is -0.322 e. The van der Waals surface area contributed by atoms with E-state index in [1.54, 1.807) is 12.1 Å². The van der Waals surface area contributed by atoms with Crippen molar-refractivity contribution in [1.29, 1.82) is 0 Å². The van der Waals surface area contributed by atoms with E-state index in [-0.39, 0.29) is 17.4 Å². The summed E-state index contributed by atoms with van der Waals surface area (Å²) in [6.07, 6.45) is 0. The molecule has 1 amide bonds. The number of hydrogen-bond donors (Lipinski definition) is 3. The minimum atomic E-state index is -0.384. The van der Waals surface area contributed by atoms with Crippen LogP contribution in [0.5, 0.6) is 0 Å². The standard InChI is InChI=1S/C20H23ClFN3O/c1-15-2-7-19(18(22)12-15)23-20(26)14-25-10-8-24(9-11-25)13-16-3-5-17(21)6-4-16/h2-7,12H,8-11,13-14H2,1H3,(H,23,26)/p+2. The number of carbonyl (C=O) groups is 1. The number of halogens is 2. The average molecular weight is 378 g/mol. The third-order valence-electron chi connectivity index (χ3n) is 4.84. The Morgan fingerprint density at radius 3 is 2.38 bits per heavy atom. The van der Waals surface area contributed by atoms with Crippen LogP contribution >= 0.6 is 11.6 Å². The lowest BCUT2D eigenvalue weighted by atomic mass is 10.2. The lowest BCUT2D eigenvalue weighted by Gasteiger charge is -2.29. The summed E-state index contributed by atoms with van der Waals surface area (Å²) in [4.78, 5) is 15.0. The van der Waals surface area contributed by atoms with E-state index in [4.69, 9.17) is 11.6 Å². The highest BCUT2D eigenvalue weighted by atomic mass is 35.5. The molecule has 6 heteroatoms. The van der Waals surface area contributed by atoms with Gasteiger partial charge in [-0.05, 0) is 36.8 Å². The second-order valence-corrected chi connectivity index (χ2v) is 7.45. The number of amides is 1. The van der Waals surface area contributed by atoms with E-state index in [2.05, 4.69) is 17.4 Å². The molecule has 0 spiro atoms. The van der Waals surface area contributed by atoms with Gasteiger partial charge in [0.1, 0.15) is 38.5 Å². The number of rotatable bonds is 5. The van der Waals surface area contributed by atoms with Gasteiger partial charge in [0.15, 0.2) is 6.54 Å². The van der Waals surface area contributed by atoms with E-state index >= 15 is 0 Å². The largest absolute Gasteiger partial charge is 0.322 e. The maximum Gasteiger partial charge on any atom is 0.279 e. The van der Waals surface area contributed by atoms with Crippen molar-refractivity contribution in [2.45, 2.75) is 13.5 Å². The van der Waals surface area contributed by atoms with E-state index in [1.807, 2.05) is 19.1 Å². The van der Waals surface area contributed by atoms with Crippen LogP contribution < -0.4 is 15.1 Å². The minimum absolute atomic E-state index is 0.135. The van der Waals surface area contributed by atoms with Crippen LogP contribution in [0.4, 0.5) is 10.1 Å². The van der Waals surface area contributed by atoms with Crippen molar-refractivity contribution in [3.05, 3.63) is 64.4 Å². The molecule has 3 rings (SSSR count). The van der Waals surface area contributed by atoms with Crippen LogP contribution in [0.15, 0.2) is 42.5 Å². The SMILES string of the molecule is Cc1ccc(NC(=O)C[NH+]2CC[NH+](Cc3ccc(Cl)cc3)CC2)c(F)c1. The summed E-state index contributed by atoms with van der Waals surface area (Å²) in [6, 6.07) is 12.8. The smallest absolute Gasteiger partial charge is 0.279 e. The van der Waals surface area contributed by atoms with Gasteiger partial charge in [-0.2, -0.15) is 0 Å². The maximum absolute atomic E-state index is 13.8. The monoisotopic (exact) mass is 377 g/mol. The first-order chi connectivity index (χ1) is 12.5. The van der Waals surface area contributed by atoms with Gasteiger partial charge in [-0.15, -0.1) is 0 Å². The molecule has 0 unspecified atom stereocenters. The van der Waals surface area contributed by atoms with Crippen molar-refractivity contribution < 1.29 is 19.0 Å². The predicted molar refractivity (Wildman–Crippen MR) is 101 cm³/mol. The third-order valence-corrected chi connectivity index (χ3v) is 5.09. The Morgan fingerprint density at radius 1 is 1.08 bits per heavy atom. The van der Waals surface area contributed by atoms with Crippen LogP contribution in [0.3, 0.4) is 0 Å². The fourth-order valence-corrected chi connectivity index (χ4v) is 3.47. The van der Waals surface area contributed by atoms with E-state index in [0.29, 0.717) is 6.54 Å². The molecule has 26 heavy (non-hydrogen) atoms. The molecule has 1 aliphatic rings. The molecule has 2 aromatic rings. The molecule has 0 atom stereocenters. The lowest BCUT2D eigenvalue weighted by Crippen LogP contribution is -3.28. The first kappa shape index (κ1) is 18.8. The highest BCUT2D eigenvalue weighted by Gasteiger charge is 2.25. The number of hydrogen-bond acceptors (Lipinski definition) is 1. The van der Waals surface area contributed by atoms with Crippen molar-refractivity contribution in [3.8, 4) is 0 Å². The molecule has 4 nitrogen and oxygen atoms in total. The molecule has 138 valence electrons. The Morgan fingerprint density at radius 2 is 1.73 bits per heavy atom. The summed E-state index contributed by atoms with van der Waals surface area (Å²) in [5.74, 6) is -0.519. The van der Waals surface area contributed by atoms with Gasteiger partial charge in [-0.1, -0.05) is 29.8 Å². The molecule has 1 heterocycles. The number of anilines is 1. The molecule has 0 radical (unpaired) electrons. The topological polar surface area (TPSA) is 38.0 Å². The zero-order chi connectivity index (χ0) is 18.5. The molecular weight excluding hydrogens is 353 g/mol. The molecular formula is C20H25ClFN3O+2. The highest BCUT2D eigenvalue weighted by molar-refractivity contribution is 6.30. The Hall–Kier alpha value is -1.95. The van der Waals surface area contributed by atoms with Crippen LogP contribution in [0.25, 0.3) is 0 Å². The fourth-order valence-electron chi connectivity index (χ4n) is 3.34. The maximum atomic E-state index is 13.8. The predicted octanol–water partition coefficient (Wildman–Crippen LogP) is 0.710. The van der Waals surface area contributed by atoms with Crippen LogP contribution in [0.2, 0.25) is 5.02 Å². The Bertz CT molecular complexity index is 758. The van der Waals surface area contributed by atoms with Crippen LogP contribution in [-0.4, -0.2) is 38.6 Å². The van der Waals surface area contributed by atoms with E-state index < -0.39 is 0 Å². The van der Waals surface area contributed by atoms with Crippen LogP contribution in [0, 0.1) is 12.7 Å². The van der Waals surface area contributed by atoms with E-state index in [0.717, 1.165) is 43.3 Å². The van der Waals surface area contributed by atoms with Gasteiger partial charge in [-0.25, -0.2) is 4.39 Å². The van der Waals surface area contributed by atoms with Gasteiger partial charge < -0.3 is 15.1 Å². The van der Waals surface area contributed by atoms with E-state index in [9.17, 15) is 9.18 Å². The van der Waals surface area contributed by atoms with E-state index in [1.165, 1.54) is 21.4 Å². The first-order valence-electron chi connectivity index (χ1n) is 8.97. The molecule has 0 aliphatic carbocycles. The van der Waals surface area contributed by atoms with Gasteiger partial charge in [0.25, 0.3) is 5.91 Å². The molecule has 1 aliphatic heterocycles. The molecule has 1 saturated heterocycles. The average Bonchev–Trinajstić information content (AvgIpc) is 2.61. The first-order valence-corrected chi connectivity index (χ1v) is 9.35. The molecule has 3 N–H and O–H groups in total. The summed E-state index contributed by atoms with van der Waals surface area (Å²) < 4.78 is 13.8. The normalized spacial score (nSPS) is 20.0. The second-order valence-electron chi connectivity index (χ2n) is 7.01. The zero-order valence-electron chi connectivity index (χ0n) is 14.9. The molecule has 2 aromatic carbocycles. The van der Waals surface area contributed by atoms with Gasteiger partial charge in [0.2, 0.25) is 0 Å². The summed E-state index contributed by atoms with van der Waals surface area (Å²) in [6.45, 7) is 7.09. The van der Waals surface area contributed by atoms with Crippen LogP contribution in [-0.2, 0) is 11.3 Å². The number of quaternary nitrogens is 2. The molecule has 0 saturated carbocycles. The van der Waals surface area contributed by atoms with Gasteiger partial charge in [0.05, 0.1) is 5.69 Å². The zero-order valence-corrected chi connectivity index (χ0v) is 15.7. The van der Waals surface area contributed by atoms with Crippen molar-refractivity contribution in [1.82, 2.24) is 0 Å². The Kier molecular flexibility index (Phi) is 6.25. The fraction of sp³-hybridized carbons (Fsp3) is 0.350. The van der Waals surface area contributed by atoms with Gasteiger partial charge >= 0.3 is 0 Å². The summed E-state index contributed by atoms with van der Waals surface area (Å²) in [7, 11) is 0. The molecule has 1 fully saturated rings. The number of benzene rings is 2. The van der Waals surface area contributed by atoms with Gasteiger partial charge in [-0.3, -0.25) is 4.79 Å². The van der Waals surface area contributed by atoms with Crippen molar-refractivity contribution in [3.63, 3.8) is 0 Å². The molecule has 0 aromatic heterocycles. The number of carbonyl (C=O) groups excluding carboxylic acids is 1. The Labute approximate surface area is 158 Å². The quantitative estimate of drug-likeness (QED) is 0.705. The number of piperazine rings is 1. The number of nitrogens with one attached hydrogen (secondary N) is 3.